The van der Waals surface area contributed by atoms with E-state index in [-0.39, 0.29) is 40.0 Å². The van der Waals surface area contributed by atoms with Crippen molar-refractivity contribution in [3.63, 3.8) is 0 Å². The van der Waals surface area contributed by atoms with Crippen LogP contribution in [0.2, 0.25) is 0 Å². The van der Waals surface area contributed by atoms with Crippen molar-refractivity contribution in [2.45, 2.75) is 20.8 Å². The summed E-state index contributed by atoms with van der Waals surface area (Å²) in [5, 5.41) is 47.1. The van der Waals surface area contributed by atoms with Gasteiger partial charge in [0.05, 0.1) is 45.3 Å². The molecule has 314 valence electrons. The quantitative estimate of drug-likeness (QED) is 0.0911. The van der Waals surface area contributed by atoms with Gasteiger partial charge in [0.1, 0.15) is 0 Å². The highest BCUT2D eigenvalue weighted by Gasteiger charge is 2.21. The number of anilines is 4. The average molecular weight is 851 g/mol. The molecule has 64 heavy (non-hydrogen) atoms. The fourth-order valence-corrected chi connectivity index (χ4v) is 6.74. The highest BCUT2D eigenvalue weighted by atomic mass is 16.5. The molecule has 0 aliphatic carbocycles. The first-order valence-electron chi connectivity index (χ1n) is 19.3. The Hall–Kier alpha value is -9.41. The first kappa shape index (κ1) is 42.7. The van der Waals surface area contributed by atoms with Crippen molar-refractivity contribution in [3.8, 4) is 34.4 Å². The van der Waals surface area contributed by atoms with Gasteiger partial charge in [0.2, 0.25) is 11.8 Å². The summed E-state index contributed by atoms with van der Waals surface area (Å²) in [5.41, 5.74) is 7.28. The third kappa shape index (κ3) is 9.31. The number of nitrogens with zero attached hydrogens (tertiary/aromatic N) is 4. The summed E-state index contributed by atoms with van der Waals surface area (Å²) in [4.78, 5) is 60.1. The van der Waals surface area contributed by atoms with Gasteiger partial charge in [-0.25, -0.2) is 4.79 Å². The van der Waals surface area contributed by atoms with E-state index >= 15 is 0 Å². The van der Waals surface area contributed by atoms with Gasteiger partial charge < -0.3 is 35.4 Å². The molecule has 0 atom stereocenters. The van der Waals surface area contributed by atoms with Gasteiger partial charge >= 0.3 is 5.97 Å². The second kappa shape index (κ2) is 18.5. The van der Waals surface area contributed by atoms with E-state index in [0.29, 0.717) is 44.6 Å². The number of carboxylic acid groups (broad SMARTS) is 1. The number of benzene rings is 6. The zero-order chi connectivity index (χ0) is 45.5. The summed E-state index contributed by atoms with van der Waals surface area (Å²) < 4.78 is 10.8. The van der Waals surface area contributed by atoms with Crippen LogP contribution in [0.5, 0.6) is 0 Å². The molecule has 0 aliphatic heterocycles. The topological polar surface area (TPSA) is 253 Å². The van der Waals surface area contributed by atoms with Crippen molar-refractivity contribution < 1.29 is 38.1 Å². The number of aromatic nitrogens is 2. The molecule has 0 radical (unpaired) electrons. The van der Waals surface area contributed by atoms with E-state index in [0.717, 1.165) is 27.8 Å². The molecule has 16 nitrogen and oxygen atoms in total. The van der Waals surface area contributed by atoms with Crippen molar-refractivity contribution in [1.29, 1.82) is 10.5 Å². The molecule has 5 N–H and O–H groups in total. The van der Waals surface area contributed by atoms with Crippen LogP contribution < -0.4 is 21.3 Å². The van der Waals surface area contributed by atoms with E-state index in [1.165, 1.54) is 32.0 Å². The lowest BCUT2D eigenvalue weighted by molar-refractivity contribution is -0.115. The molecule has 0 fully saturated rings. The Morgan fingerprint density at radius 2 is 1.00 bits per heavy atom. The number of nitriles is 2. The summed E-state index contributed by atoms with van der Waals surface area (Å²) in [7, 11) is 0. The minimum atomic E-state index is -1.28. The molecule has 0 saturated carbocycles. The number of carbonyl (C=O) groups excluding carboxylic acids is 4. The number of aryl methyl sites for hydroxylation is 1. The maximum atomic E-state index is 12.8. The molecule has 0 bridgehead atoms. The molecular formula is C48H34N8O8. The van der Waals surface area contributed by atoms with E-state index in [1.807, 2.05) is 55.5 Å². The van der Waals surface area contributed by atoms with Gasteiger partial charge in [0, 0.05) is 42.0 Å². The SMILES string of the molecule is CC(=O)Nc1ccccc1-c1ccc2c(C(=O)Nc3ccc(C#N)cc3C(=O)O)noc2c1.CC(=O)Nc1ccccc1-c1ccc2c(C(=O)Nc3ccc(C#N)cc3C)noc2c1. The Morgan fingerprint density at radius 3 is 1.45 bits per heavy atom. The number of para-hydroxylation sites is 2. The maximum absolute atomic E-state index is 12.8. The molecule has 8 aromatic rings. The summed E-state index contributed by atoms with van der Waals surface area (Å²) in [5.74, 6) is -2.71. The van der Waals surface area contributed by atoms with E-state index in [1.54, 1.807) is 60.7 Å². The first-order valence-corrected chi connectivity index (χ1v) is 19.3. The van der Waals surface area contributed by atoms with Crippen LogP contribution in [-0.2, 0) is 9.59 Å². The molecule has 16 heteroatoms. The predicted octanol–water partition coefficient (Wildman–Crippen LogP) is 9.16. The number of hydrogen-bond donors (Lipinski definition) is 5. The highest BCUT2D eigenvalue weighted by molar-refractivity contribution is 6.13. The molecule has 2 aromatic heterocycles. The molecule has 4 amide bonds. The van der Waals surface area contributed by atoms with Crippen molar-refractivity contribution in [3.05, 3.63) is 155 Å². The molecule has 6 aromatic carbocycles. The minimum Gasteiger partial charge on any atom is -0.478 e. The van der Waals surface area contributed by atoms with Gasteiger partial charge in [0.15, 0.2) is 22.6 Å². The van der Waals surface area contributed by atoms with E-state index < -0.39 is 17.8 Å². The number of carboxylic acids is 1. The van der Waals surface area contributed by atoms with Crippen LogP contribution in [0.4, 0.5) is 22.7 Å². The van der Waals surface area contributed by atoms with Gasteiger partial charge in [-0.15, -0.1) is 0 Å². The lowest BCUT2D eigenvalue weighted by atomic mass is 10.0. The third-order valence-electron chi connectivity index (χ3n) is 9.70. The summed E-state index contributed by atoms with van der Waals surface area (Å²) in [6, 6.07) is 38.1. The zero-order valence-electron chi connectivity index (χ0n) is 34.1. The van der Waals surface area contributed by atoms with Gasteiger partial charge in [-0.05, 0) is 96.4 Å². The standard InChI is InChI=1S/C24H16N4O5.C24H18N4O3/c1-13(29)26-19-5-3-2-4-16(19)15-7-8-17-21(11-15)33-28-22(17)23(30)27-20-9-6-14(12-25)10-18(20)24(31)32;1-14-11-16(13-25)7-10-20(14)27-24(30)23-19-9-8-17(12-22(19)31-28-23)18-5-3-4-6-21(18)26-15(2)29/h2-11H,1H3,(H,26,29)(H,27,30)(H,31,32);3-12H,1-2H3,(H,26,29)(H,27,30). The number of amides is 4. The number of hydrogen-bond acceptors (Lipinski definition) is 11. The smallest absolute Gasteiger partial charge is 0.337 e. The largest absolute Gasteiger partial charge is 0.478 e. The summed E-state index contributed by atoms with van der Waals surface area (Å²) in [6.45, 7) is 4.69. The van der Waals surface area contributed by atoms with Crippen LogP contribution in [0.25, 0.3) is 44.2 Å². The van der Waals surface area contributed by atoms with Crippen LogP contribution in [0.1, 0.15) is 61.9 Å². The molecule has 0 spiro atoms. The summed E-state index contributed by atoms with van der Waals surface area (Å²) >= 11 is 0. The van der Waals surface area contributed by atoms with Crippen molar-refractivity contribution in [2.75, 3.05) is 21.3 Å². The van der Waals surface area contributed by atoms with Crippen molar-refractivity contribution in [1.82, 2.24) is 10.3 Å². The number of fused-ring (bicyclic) bond motifs is 2. The van der Waals surface area contributed by atoms with E-state index in [4.69, 9.17) is 19.6 Å². The second-order valence-electron chi connectivity index (χ2n) is 14.2. The van der Waals surface area contributed by atoms with E-state index in [2.05, 4.69) is 37.6 Å². The predicted molar refractivity (Wildman–Crippen MR) is 237 cm³/mol. The number of carbonyl (C=O) groups is 5. The number of aromatic carboxylic acids is 1. The maximum Gasteiger partial charge on any atom is 0.337 e. The van der Waals surface area contributed by atoms with Crippen LogP contribution in [0.3, 0.4) is 0 Å². The zero-order valence-corrected chi connectivity index (χ0v) is 34.1. The monoisotopic (exact) mass is 850 g/mol. The molecule has 0 unspecified atom stereocenters. The molecule has 0 saturated heterocycles. The molecule has 0 aliphatic rings. The van der Waals surface area contributed by atoms with Gasteiger partial charge in [-0.1, -0.05) is 58.8 Å². The summed E-state index contributed by atoms with van der Waals surface area (Å²) in [6.07, 6.45) is 0. The van der Waals surface area contributed by atoms with Crippen LogP contribution in [-0.4, -0.2) is 45.0 Å². The fourth-order valence-electron chi connectivity index (χ4n) is 6.74. The minimum absolute atomic E-state index is 0.0209. The number of nitrogens with one attached hydrogen (secondary N) is 4. The Bertz CT molecular complexity index is 3260. The fraction of sp³-hybridized carbons (Fsp3) is 0.0625. The van der Waals surface area contributed by atoms with E-state index in [9.17, 15) is 29.1 Å². The van der Waals surface area contributed by atoms with Gasteiger partial charge in [0.25, 0.3) is 11.8 Å². The van der Waals surface area contributed by atoms with Crippen LogP contribution >= 0.6 is 0 Å². The van der Waals surface area contributed by atoms with Crippen LogP contribution in [0.15, 0.2) is 130 Å². The van der Waals surface area contributed by atoms with Gasteiger partial charge in [-0.2, -0.15) is 10.5 Å². The third-order valence-corrected chi connectivity index (χ3v) is 9.70. The lowest BCUT2D eigenvalue weighted by Crippen LogP contribution is -2.15. The van der Waals surface area contributed by atoms with Crippen LogP contribution in [0, 0.1) is 29.6 Å². The lowest BCUT2D eigenvalue weighted by Gasteiger charge is -2.10. The first-order chi connectivity index (χ1) is 30.8. The highest BCUT2D eigenvalue weighted by Crippen LogP contribution is 2.33. The second-order valence-corrected chi connectivity index (χ2v) is 14.2. The molecule has 2 heterocycles. The van der Waals surface area contributed by atoms with Crippen molar-refractivity contribution >= 4 is 74.3 Å². The molecular weight excluding hydrogens is 817 g/mol. The Kier molecular flexibility index (Phi) is 12.3. The number of rotatable bonds is 9. The Balaban J connectivity index is 0.000000192. The van der Waals surface area contributed by atoms with Gasteiger partial charge in [-0.3, -0.25) is 19.2 Å². The Morgan fingerprint density at radius 1 is 0.547 bits per heavy atom. The molecule has 8 rings (SSSR count). The normalized spacial score (nSPS) is 10.5. The average Bonchev–Trinajstić information content (AvgIpc) is 3.92. The van der Waals surface area contributed by atoms with Crippen molar-refractivity contribution in [2.24, 2.45) is 0 Å². The Labute approximate surface area is 363 Å².